The van der Waals surface area contributed by atoms with Gasteiger partial charge in [-0.05, 0) is 42.4 Å². The van der Waals surface area contributed by atoms with Gasteiger partial charge in [-0.1, -0.05) is 33.3 Å². The molecule has 0 heterocycles. The van der Waals surface area contributed by atoms with Crippen LogP contribution in [-0.4, -0.2) is 5.78 Å². The van der Waals surface area contributed by atoms with E-state index in [2.05, 4.69) is 26.1 Å². The molecule has 1 saturated carbocycles. The van der Waals surface area contributed by atoms with Crippen molar-refractivity contribution in [1.29, 1.82) is 0 Å². The Balaban J connectivity index is 2.10. The summed E-state index contributed by atoms with van der Waals surface area (Å²) < 4.78 is 13.1. The van der Waals surface area contributed by atoms with Crippen LogP contribution in [0.3, 0.4) is 0 Å². The fraction of sp³-hybridized carbons (Fsp3) is 0.500. The summed E-state index contributed by atoms with van der Waals surface area (Å²) in [5, 5.41) is 3.05. The predicted molar refractivity (Wildman–Crippen MR) is 84.5 cm³/mol. The molecule has 0 amide bonds. The minimum Gasteiger partial charge on any atom is -0.361 e. The highest BCUT2D eigenvalue weighted by molar-refractivity contribution is 5.96. The molecule has 114 valence electrons. The van der Waals surface area contributed by atoms with E-state index >= 15 is 0 Å². The number of benzene rings is 1. The van der Waals surface area contributed by atoms with Gasteiger partial charge in [0.2, 0.25) is 0 Å². The van der Waals surface area contributed by atoms with Gasteiger partial charge in [0.25, 0.3) is 0 Å². The second kappa shape index (κ2) is 6.42. The van der Waals surface area contributed by atoms with Crippen LogP contribution in [0.5, 0.6) is 0 Å². The zero-order valence-corrected chi connectivity index (χ0v) is 13.1. The first-order valence-corrected chi connectivity index (χ1v) is 7.66. The lowest BCUT2D eigenvalue weighted by molar-refractivity contribution is -0.117. The Kier molecular flexibility index (Phi) is 4.81. The van der Waals surface area contributed by atoms with Crippen molar-refractivity contribution in [2.75, 3.05) is 5.32 Å². The normalized spacial score (nSPS) is 21.6. The van der Waals surface area contributed by atoms with E-state index in [9.17, 15) is 9.18 Å². The Morgan fingerprint density at radius 3 is 2.86 bits per heavy atom. The molecule has 1 atom stereocenters. The van der Waals surface area contributed by atoms with Crippen molar-refractivity contribution < 1.29 is 9.18 Å². The third kappa shape index (κ3) is 3.93. The molecule has 0 bridgehead atoms. The molecule has 2 rings (SSSR count). The Hall–Kier alpha value is -1.64. The van der Waals surface area contributed by atoms with E-state index in [1.54, 1.807) is 18.3 Å². The van der Waals surface area contributed by atoms with Gasteiger partial charge < -0.3 is 5.32 Å². The summed E-state index contributed by atoms with van der Waals surface area (Å²) in [5.74, 6) is 0.459. The fourth-order valence-electron chi connectivity index (χ4n) is 2.79. The van der Waals surface area contributed by atoms with Crippen LogP contribution in [-0.2, 0) is 4.79 Å². The van der Waals surface area contributed by atoms with Gasteiger partial charge in [-0.25, -0.2) is 4.39 Å². The molecule has 1 fully saturated rings. The number of anilines is 1. The monoisotopic (exact) mass is 289 g/mol. The molecule has 2 nitrogen and oxygen atoms in total. The number of ketones is 1. The van der Waals surface area contributed by atoms with Crippen LogP contribution in [0.15, 0.2) is 36.0 Å². The Bertz CT molecular complexity index is 548. The second-order valence-corrected chi connectivity index (χ2v) is 6.53. The first-order chi connectivity index (χ1) is 9.92. The van der Waals surface area contributed by atoms with Crippen molar-refractivity contribution in [3.8, 4) is 0 Å². The molecule has 21 heavy (non-hydrogen) atoms. The highest BCUT2D eigenvalue weighted by atomic mass is 19.1. The third-order valence-corrected chi connectivity index (χ3v) is 4.80. The standard InChI is InChI=1S/C18H24FNO/c1-4-18(2,3)14-8-9-17(21)13(10-14)12-20-16-7-5-6-15(19)11-16/h5-7,11-12,14,20H,4,8-10H2,1-3H3/b13-12+/t14-/m1/s1. The minimum absolute atomic E-state index is 0.210. The van der Waals surface area contributed by atoms with Crippen molar-refractivity contribution in [3.63, 3.8) is 0 Å². The van der Waals surface area contributed by atoms with Crippen LogP contribution in [0.4, 0.5) is 10.1 Å². The van der Waals surface area contributed by atoms with E-state index in [4.69, 9.17) is 0 Å². The van der Waals surface area contributed by atoms with Gasteiger partial charge in [-0.15, -0.1) is 0 Å². The highest BCUT2D eigenvalue weighted by Gasteiger charge is 2.33. The summed E-state index contributed by atoms with van der Waals surface area (Å²) in [7, 11) is 0. The van der Waals surface area contributed by atoms with Crippen LogP contribution in [0.25, 0.3) is 0 Å². The first kappa shape index (κ1) is 15.7. The largest absolute Gasteiger partial charge is 0.361 e. The van der Waals surface area contributed by atoms with Crippen LogP contribution in [0.2, 0.25) is 0 Å². The Labute approximate surface area is 126 Å². The quantitative estimate of drug-likeness (QED) is 0.796. The molecule has 1 aliphatic carbocycles. The molecule has 1 aromatic rings. The lowest BCUT2D eigenvalue weighted by Crippen LogP contribution is -2.29. The molecule has 0 spiro atoms. The summed E-state index contributed by atoms with van der Waals surface area (Å²) >= 11 is 0. The summed E-state index contributed by atoms with van der Waals surface area (Å²) in [6, 6.07) is 6.28. The molecular weight excluding hydrogens is 265 g/mol. The summed E-state index contributed by atoms with van der Waals surface area (Å²) in [5.41, 5.74) is 1.75. The van der Waals surface area contributed by atoms with Gasteiger partial charge in [0.15, 0.2) is 5.78 Å². The smallest absolute Gasteiger partial charge is 0.160 e. The number of hydrogen-bond donors (Lipinski definition) is 1. The molecule has 0 saturated heterocycles. The van der Waals surface area contributed by atoms with Crippen molar-refractivity contribution in [1.82, 2.24) is 0 Å². The maximum Gasteiger partial charge on any atom is 0.160 e. The molecule has 1 N–H and O–H groups in total. The predicted octanol–water partition coefficient (Wildman–Crippen LogP) is 4.93. The molecule has 3 heteroatoms. The van der Waals surface area contributed by atoms with Gasteiger partial charge in [0.05, 0.1) is 0 Å². The maximum absolute atomic E-state index is 13.1. The van der Waals surface area contributed by atoms with Crippen LogP contribution >= 0.6 is 0 Å². The highest BCUT2D eigenvalue weighted by Crippen LogP contribution is 2.41. The fourth-order valence-corrected chi connectivity index (χ4v) is 2.79. The molecule has 1 aliphatic rings. The summed E-state index contributed by atoms with van der Waals surface area (Å²) in [6.45, 7) is 6.74. The van der Waals surface area contributed by atoms with Crippen molar-refractivity contribution in [3.05, 3.63) is 41.9 Å². The zero-order chi connectivity index (χ0) is 15.5. The van der Waals surface area contributed by atoms with Gasteiger partial charge in [-0.3, -0.25) is 4.79 Å². The van der Waals surface area contributed by atoms with Crippen LogP contribution in [0, 0.1) is 17.2 Å². The molecule has 0 unspecified atom stereocenters. The molecule has 0 aromatic heterocycles. The second-order valence-electron chi connectivity index (χ2n) is 6.53. The molecular formula is C18H24FNO. The number of rotatable bonds is 4. The molecule has 0 aliphatic heterocycles. The number of hydrogen-bond acceptors (Lipinski definition) is 2. The van der Waals surface area contributed by atoms with Crippen molar-refractivity contribution >= 4 is 11.5 Å². The van der Waals surface area contributed by atoms with Crippen LogP contribution < -0.4 is 5.32 Å². The lowest BCUT2D eigenvalue weighted by atomic mass is 9.68. The molecule has 1 aromatic carbocycles. The number of carbonyl (C=O) groups excluding carboxylic acids is 1. The lowest BCUT2D eigenvalue weighted by Gasteiger charge is -2.36. The SMILES string of the molecule is CCC(C)(C)[C@@H]1CCC(=O)/C(=C/Nc2cccc(F)c2)C1. The van der Waals surface area contributed by atoms with E-state index in [0.29, 0.717) is 18.0 Å². The number of halogens is 1. The van der Waals surface area contributed by atoms with Crippen molar-refractivity contribution in [2.24, 2.45) is 11.3 Å². The third-order valence-electron chi connectivity index (χ3n) is 4.80. The Morgan fingerprint density at radius 2 is 2.19 bits per heavy atom. The minimum atomic E-state index is -0.279. The van der Waals surface area contributed by atoms with E-state index in [1.165, 1.54) is 12.1 Å². The summed E-state index contributed by atoms with van der Waals surface area (Å²) in [6.07, 6.45) is 5.26. The van der Waals surface area contributed by atoms with Crippen molar-refractivity contribution in [2.45, 2.75) is 46.5 Å². The average Bonchev–Trinajstić information content (AvgIpc) is 2.46. The van der Waals surface area contributed by atoms with E-state index in [0.717, 1.165) is 24.8 Å². The Morgan fingerprint density at radius 1 is 1.43 bits per heavy atom. The van der Waals surface area contributed by atoms with Crippen LogP contribution in [0.1, 0.15) is 46.5 Å². The van der Waals surface area contributed by atoms with Gasteiger partial charge >= 0.3 is 0 Å². The maximum atomic E-state index is 13.1. The van der Waals surface area contributed by atoms with Gasteiger partial charge in [0.1, 0.15) is 5.82 Å². The number of carbonyl (C=O) groups is 1. The number of Topliss-reactive ketones (excluding diaryl/α,β-unsaturated/α-hetero) is 1. The number of nitrogens with one attached hydrogen (secondary N) is 1. The van der Waals surface area contributed by atoms with E-state index in [-0.39, 0.29) is 17.0 Å². The van der Waals surface area contributed by atoms with E-state index < -0.39 is 0 Å². The van der Waals surface area contributed by atoms with Gasteiger partial charge in [0, 0.05) is 23.9 Å². The topological polar surface area (TPSA) is 29.1 Å². The van der Waals surface area contributed by atoms with E-state index in [1.807, 2.05) is 0 Å². The average molecular weight is 289 g/mol. The zero-order valence-electron chi connectivity index (χ0n) is 13.1. The summed E-state index contributed by atoms with van der Waals surface area (Å²) in [4.78, 5) is 12.1. The first-order valence-electron chi connectivity index (χ1n) is 7.66. The molecule has 0 radical (unpaired) electrons. The number of allylic oxidation sites excluding steroid dienone is 1. The van der Waals surface area contributed by atoms with Gasteiger partial charge in [-0.2, -0.15) is 0 Å².